The predicted octanol–water partition coefficient (Wildman–Crippen LogP) is 2.26. The lowest BCUT2D eigenvalue weighted by Crippen LogP contribution is -2.39. The second-order valence-corrected chi connectivity index (χ2v) is 6.72. The van der Waals surface area contributed by atoms with E-state index in [0.29, 0.717) is 25.9 Å². The number of hydrogen-bond acceptors (Lipinski definition) is 3. The Balaban J connectivity index is 1.74. The molecule has 0 atom stereocenters. The summed E-state index contributed by atoms with van der Waals surface area (Å²) >= 11 is 0. The average Bonchev–Trinajstić information content (AvgIpc) is 2.55. The van der Waals surface area contributed by atoms with Crippen molar-refractivity contribution in [3.8, 4) is 0 Å². The maximum Gasteiger partial charge on any atom is 0.267 e. The lowest BCUT2D eigenvalue weighted by molar-refractivity contribution is -0.131. The molecule has 2 aromatic rings. The highest BCUT2D eigenvalue weighted by Gasteiger charge is 2.23. The number of nitrogens with zero attached hydrogens (tertiary/aromatic N) is 3. The van der Waals surface area contributed by atoms with E-state index in [0.717, 1.165) is 16.8 Å². The number of amides is 1. The van der Waals surface area contributed by atoms with Crippen LogP contribution in [0.3, 0.4) is 0 Å². The molecular formula is C19H23N3O2. The zero-order valence-corrected chi connectivity index (χ0v) is 14.5. The normalized spacial score (nSPS) is 13.9. The van der Waals surface area contributed by atoms with Crippen LogP contribution in [0.2, 0.25) is 0 Å². The summed E-state index contributed by atoms with van der Waals surface area (Å²) in [5, 5.41) is 4.47. The molecule has 0 saturated heterocycles. The van der Waals surface area contributed by atoms with Gasteiger partial charge in [-0.15, -0.1) is 0 Å². The Bertz CT molecular complexity index is 806. The molecule has 2 heterocycles. The smallest absolute Gasteiger partial charge is 0.267 e. The van der Waals surface area contributed by atoms with Crippen molar-refractivity contribution in [1.82, 2.24) is 14.7 Å². The fraction of sp³-hybridized carbons (Fsp3) is 0.421. The van der Waals surface area contributed by atoms with Crippen molar-refractivity contribution < 1.29 is 4.79 Å². The molecule has 126 valence electrons. The second-order valence-electron chi connectivity index (χ2n) is 6.72. The zero-order chi connectivity index (χ0) is 17.3. The van der Waals surface area contributed by atoms with Gasteiger partial charge in [-0.3, -0.25) is 9.59 Å². The number of fused-ring (bicyclic) bond motifs is 1. The standard InChI is InChI=1S/C19H23N3O2/c1-13(2)22-19(24)11-16-12-21(9-8-17(16)20-22)18(23)10-15-6-4-14(3)5-7-15/h4-7,11,13H,8-10,12H2,1-3H3. The molecule has 24 heavy (non-hydrogen) atoms. The lowest BCUT2D eigenvalue weighted by Gasteiger charge is -2.28. The molecule has 0 radical (unpaired) electrons. The summed E-state index contributed by atoms with van der Waals surface area (Å²) < 4.78 is 1.52. The van der Waals surface area contributed by atoms with Crippen LogP contribution in [0.15, 0.2) is 35.1 Å². The lowest BCUT2D eigenvalue weighted by atomic mass is 10.0. The summed E-state index contributed by atoms with van der Waals surface area (Å²) in [7, 11) is 0. The fourth-order valence-electron chi connectivity index (χ4n) is 2.99. The van der Waals surface area contributed by atoms with Gasteiger partial charge in [0.2, 0.25) is 5.91 Å². The Morgan fingerprint density at radius 1 is 1.25 bits per heavy atom. The summed E-state index contributed by atoms with van der Waals surface area (Å²) in [6, 6.07) is 9.71. The van der Waals surface area contributed by atoms with Gasteiger partial charge >= 0.3 is 0 Å². The maximum atomic E-state index is 12.5. The topological polar surface area (TPSA) is 55.2 Å². The van der Waals surface area contributed by atoms with Crippen LogP contribution in [0.25, 0.3) is 0 Å². The van der Waals surface area contributed by atoms with Crippen molar-refractivity contribution in [3.05, 3.63) is 63.1 Å². The van der Waals surface area contributed by atoms with E-state index >= 15 is 0 Å². The van der Waals surface area contributed by atoms with Crippen molar-refractivity contribution in [3.63, 3.8) is 0 Å². The SMILES string of the molecule is Cc1ccc(CC(=O)N2CCc3nn(C(C)C)c(=O)cc3C2)cc1. The van der Waals surface area contributed by atoms with Gasteiger partial charge in [-0.05, 0) is 26.3 Å². The highest BCUT2D eigenvalue weighted by molar-refractivity contribution is 5.79. The first kappa shape index (κ1) is 16.4. The highest BCUT2D eigenvalue weighted by atomic mass is 16.2. The Morgan fingerprint density at radius 3 is 2.62 bits per heavy atom. The van der Waals surface area contributed by atoms with Gasteiger partial charge in [0.1, 0.15) is 0 Å². The molecular weight excluding hydrogens is 302 g/mol. The van der Waals surface area contributed by atoms with Crippen LogP contribution in [0.1, 0.15) is 42.3 Å². The largest absolute Gasteiger partial charge is 0.338 e. The van der Waals surface area contributed by atoms with Gasteiger partial charge in [-0.2, -0.15) is 5.10 Å². The third kappa shape index (κ3) is 3.40. The van der Waals surface area contributed by atoms with E-state index in [2.05, 4.69) is 5.10 Å². The van der Waals surface area contributed by atoms with Crippen LogP contribution in [0, 0.1) is 6.92 Å². The fourth-order valence-corrected chi connectivity index (χ4v) is 2.99. The Kier molecular flexibility index (Phi) is 4.51. The van der Waals surface area contributed by atoms with E-state index < -0.39 is 0 Å². The number of rotatable bonds is 3. The van der Waals surface area contributed by atoms with Gasteiger partial charge in [0.05, 0.1) is 18.2 Å². The van der Waals surface area contributed by atoms with Crippen LogP contribution in [0.5, 0.6) is 0 Å². The monoisotopic (exact) mass is 325 g/mol. The van der Waals surface area contributed by atoms with Gasteiger partial charge in [0.25, 0.3) is 5.56 Å². The highest BCUT2D eigenvalue weighted by Crippen LogP contribution is 2.17. The first-order valence-electron chi connectivity index (χ1n) is 8.39. The van der Waals surface area contributed by atoms with Gasteiger partial charge in [-0.25, -0.2) is 4.68 Å². The van der Waals surface area contributed by atoms with Crippen LogP contribution in [0.4, 0.5) is 0 Å². The first-order valence-corrected chi connectivity index (χ1v) is 8.39. The zero-order valence-electron chi connectivity index (χ0n) is 14.5. The minimum atomic E-state index is -0.100. The van der Waals surface area contributed by atoms with Crippen molar-refractivity contribution >= 4 is 5.91 Å². The summed E-state index contributed by atoms with van der Waals surface area (Å²) in [4.78, 5) is 26.5. The summed E-state index contributed by atoms with van der Waals surface area (Å²) in [6.07, 6.45) is 1.09. The second kappa shape index (κ2) is 6.59. The third-order valence-electron chi connectivity index (χ3n) is 4.42. The molecule has 0 bridgehead atoms. The summed E-state index contributed by atoms with van der Waals surface area (Å²) in [5.74, 6) is 0.0949. The van der Waals surface area contributed by atoms with Crippen LogP contribution in [-0.2, 0) is 24.2 Å². The molecule has 0 aliphatic carbocycles. The van der Waals surface area contributed by atoms with Gasteiger partial charge in [0.15, 0.2) is 0 Å². The van der Waals surface area contributed by atoms with Gasteiger partial charge in [0, 0.05) is 31.1 Å². The van der Waals surface area contributed by atoms with Crippen LogP contribution < -0.4 is 5.56 Å². The van der Waals surface area contributed by atoms with Crippen molar-refractivity contribution in [1.29, 1.82) is 0 Å². The van der Waals surface area contributed by atoms with E-state index in [1.807, 2.05) is 49.9 Å². The Labute approximate surface area is 141 Å². The van der Waals surface area contributed by atoms with E-state index in [1.165, 1.54) is 10.2 Å². The molecule has 0 saturated carbocycles. The predicted molar refractivity (Wildman–Crippen MR) is 92.9 cm³/mol. The number of aryl methyl sites for hydroxylation is 1. The third-order valence-corrected chi connectivity index (χ3v) is 4.42. The van der Waals surface area contributed by atoms with E-state index in [-0.39, 0.29) is 17.5 Å². The van der Waals surface area contributed by atoms with E-state index in [1.54, 1.807) is 6.07 Å². The van der Waals surface area contributed by atoms with Crippen molar-refractivity contribution in [2.75, 3.05) is 6.54 Å². The number of carbonyl (C=O) groups excluding carboxylic acids is 1. The Hall–Kier alpha value is -2.43. The van der Waals surface area contributed by atoms with Crippen LogP contribution in [-0.4, -0.2) is 27.1 Å². The number of carbonyl (C=O) groups is 1. The molecule has 1 aliphatic rings. The van der Waals surface area contributed by atoms with Crippen molar-refractivity contribution in [2.45, 2.75) is 46.2 Å². The summed E-state index contributed by atoms with van der Waals surface area (Å²) in [6.45, 7) is 7.05. The molecule has 1 amide bonds. The minimum absolute atomic E-state index is 0.0454. The van der Waals surface area contributed by atoms with E-state index in [4.69, 9.17) is 0 Å². The molecule has 1 aromatic heterocycles. The molecule has 3 rings (SSSR count). The van der Waals surface area contributed by atoms with Gasteiger partial charge in [-0.1, -0.05) is 29.8 Å². The molecule has 5 heteroatoms. The van der Waals surface area contributed by atoms with E-state index in [9.17, 15) is 9.59 Å². The number of hydrogen-bond donors (Lipinski definition) is 0. The minimum Gasteiger partial charge on any atom is -0.338 e. The number of aromatic nitrogens is 2. The average molecular weight is 325 g/mol. The van der Waals surface area contributed by atoms with Gasteiger partial charge < -0.3 is 4.90 Å². The quantitative estimate of drug-likeness (QED) is 0.870. The number of benzene rings is 1. The van der Waals surface area contributed by atoms with Crippen LogP contribution >= 0.6 is 0 Å². The maximum absolute atomic E-state index is 12.5. The first-order chi connectivity index (χ1) is 11.4. The molecule has 0 unspecified atom stereocenters. The van der Waals surface area contributed by atoms with Crippen molar-refractivity contribution in [2.24, 2.45) is 0 Å². The molecule has 1 aliphatic heterocycles. The Morgan fingerprint density at radius 2 is 1.96 bits per heavy atom. The molecule has 0 N–H and O–H groups in total. The molecule has 5 nitrogen and oxygen atoms in total. The molecule has 0 spiro atoms. The summed E-state index contributed by atoms with van der Waals surface area (Å²) in [5.41, 5.74) is 3.91. The molecule has 1 aromatic carbocycles. The molecule has 0 fully saturated rings.